The number of nitrogens with one attached hydrogen (secondary N) is 2. The van der Waals surface area contributed by atoms with E-state index in [-0.39, 0.29) is 11.8 Å². The van der Waals surface area contributed by atoms with Crippen LogP contribution in [0.1, 0.15) is 36.5 Å². The predicted molar refractivity (Wildman–Crippen MR) is 91.0 cm³/mol. The van der Waals surface area contributed by atoms with E-state index in [2.05, 4.69) is 15.5 Å². The van der Waals surface area contributed by atoms with E-state index in [1.807, 2.05) is 12.1 Å². The van der Waals surface area contributed by atoms with Gasteiger partial charge in [-0.2, -0.15) is 0 Å². The summed E-state index contributed by atoms with van der Waals surface area (Å²) in [6, 6.07) is 5.53. The maximum Gasteiger partial charge on any atom is 0.253 e. The van der Waals surface area contributed by atoms with Gasteiger partial charge in [0, 0.05) is 44.5 Å². The van der Waals surface area contributed by atoms with Gasteiger partial charge >= 0.3 is 0 Å². The topological polar surface area (TPSA) is 70.7 Å². The molecule has 1 aromatic rings. The van der Waals surface area contributed by atoms with Crippen LogP contribution >= 0.6 is 0 Å². The molecule has 0 radical (unpaired) electrons. The lowest BCUT2D eigenvalue weighted by molar-refractivity contribution is -0.115. The van der Waals surface area contributed by atoms with E-state index in [4.69, 9.17) is 4.74 Å². The highest BCUT2D eigenvalue weighted by molar-refractivity contribution is 6.02. The van der Waals surface area contributed by atoms with Gasteiger partial charge in [0.05, 0.1) is 12.2 Å². The van der Waals surface area contributed by atoms with Crippen LogP contribution in [-0.4, -0.2) is 45.2 Å². The molecule has 0 spiro atoms. The second-order valence-corrected chi connectivity index (χ2v) is 5.58. The molecule has 2 N–H and O–H groups in total. The van der Waals surface area contributed by atoms with Crippen molar-refractivity contribution in [2.24, 2.45) is 0 Å². The zero-order chi connectivity index (χ0) is 16.7. The minimum Gasteiger partial charge on any atom is -0.383 e. The van der Waals surface area contributed by atoms with Crippen molar-refractivity contribution in [1.29, 1.82) is 0 Å². The summed E-state index contributed by atoms with van der Waals surface area (Å²) in [6.07, 6.45) is 2.68. The molecule has 1 aliphatic heterocycles. The van der Waals surface area contributed by atoms with Gasteiger partial charge in [0.2, 0.25) is 5.91 Å². The molecule has 2 rings (SSSR count). The molecule has 0 atom stereocenters. The second-order valence-electron chi connectivity index (χ2n) is 5.58. The average molecular weight is 319 g/mol. The summed E-state index contributed by atoms with van der Waals surface area (Å²) in [4.78, 5) is 26.3. The molecule has 0 bridgehead atoms. The summed E-state index contributed by atoms with van der Waals surface area (Å²) >= 11 is 0. The molecule has 1 saturated heterocycles. The third-order valence-electron chi connectivity index (χ3n) is 3.88. The Hall–Kier alpha value is -2.08. The molecule has 126 valence electrons. The first-order chi connectivity index (χ1) is 11.2. The van der Waals surface area contributed by atoms with Crippen LogP contribution in [0.25, 0.3) is 0 Å². The van der Waals surface area contributed by atoms with Crippen LogP contribution in [0.2, 0.25) is 0 Å². The van der Waals surface area contributed by atoms with Crippen LogP contribution in [-0.2, 0) is 9.53 Å². The Morgan fingerprint density at radius 3 is 2.65 bits per heavy atom. The Kier molecular flexibility index (Phi) is 6.40. The summed E-state index contributed by atoms with van der Waals surface area (Å²) < 4.78 is 4.97. The minimum atomic E-state index is -0.142. The number of methoxy groups -OCH3 is 1. The Bertz CT molecular complexity index is 554. The molecule has 0 saturated carbocycles. The van der Waals surface area contributed by atoms with Gasteiger partial charge in [-0.15, -0.1) is 0 Å². The molecule has 6 nitrogen and oxygen atoms in total. The van der Waals surface area contributed by atoms with Gasteiger partial charge in [0.15, 0.2) is 0 Å². The number of benzene rings is 1. The minimum absolute atomic E-state index is 0.0651. The third kappa shape index (κ3) is 4.69. The summed E-state index contributed by atoms with van der Waals surface area (Å²) in [5.41, 5.74) is 2.17. The van der Waals surface area contributed by atoms with Gasteiger partial charge < -0.3 is 20.3 Å². The van der Waals surface area contributed by atoms with Gasteiger partial charge in [-0.3, -0.25) is 9.59 Å². The van der Waals surface area contributed by atoms with Crippen LogP contribution in [0.4, 0.5) is 11.4 Å². The first-order valence-electron chi connectivity index (χ1n) is 8.11. The number of carbonyl (C=O) groups is 2. The number of hydrogen-bond acceptors (Lipinski definition) is 4. The van der Waals surface area contributed by atoms with Crippen molar-refractivity contribution < 1.29 is 14.3 Å². The maximum absolute atomic E-state index is 12.5. The highest BCUT2D eigenvalue weighted by Crippen LogP contribution is 2.27. The van der Waals surface area contributed by atoms with Gasteiger partial charge in [-0.05, 0) is 31.0 Å². The number of nitrogens with zero attached hydrogens (tertiary/aromatic N) is 1. The standard InChI is InChI=1S/C17H25N3O3/c1-3-16(21)19-13-6-7-15(20-9-4-5-10-20)14(12-13)17(22)18-8-11-23-2/h6-7,12H,3-5,8-11H2,1-2H3,(H,18,22)(H,19,21). The van der Waals surface area contributed by atoms with Crippen LogP contribution < -0.4 is 15.5 Å². The lowest BCUT2D eigenvalue weighted by Crippen LogP contribution is -2.30. The van der Waals surface area contributed by atoms with Gasteiger partial charge in [-0.1, -0.05) is 6.92 Å². The monoisotopic (exact) mass is 319 g/mol. The third-order valence-corrected chi connectivity index (χ3v) is 3.88. The molecule has 0 unspecified atom stereocenters. The fourth-order valence-electron chi connectivity index (χ4n) is 2.64. The summed E-state index contributed by atoms with van der Waals surface area (Å²) in [6.45, 7) is 4.64. The van der Waals surface area contributed by atoms with Gasteiger partial charge in [0.1, 0.15) is 0 Å². The number of carbonyl (C=O) groups excluding carboxylic acids is 2. The fraction of sp³-hybridized carbons (Fsp3) is 0.529. The van der Waals surface area contributed by atoms with E-state index in [9.17, 15) is 9.59 Å². The number of rotatable bonds is 7. The Balaban J connectivity index is 2.22. The summed E-state index contributed by atoms with van der Waals surface area (Å²) in [7, 11) is 1.60. The van der Waals surface area contributed by atoms with Crippen molar-refractivity contribution in [3.63, 3.8) is 0 Å². The largest absolute Gasteiger partial charge is 0.383 e. The molecule has 0 aromatic heterocycles. The summed E-state index contributed by atoms with van der Waals surface area (Å²) in [5, 5.41) is 5.66. The van der Waals surface area contributed by atoms with Crippen LogP contribution in [0, 0.1) is 0 Å². The molecule has 0 aliphatic carbocycles. The Morgan fingerprint density at radius 2 is 2.00 bits per heavy atom. The molecule has 2 amide bonds. The molecular weight excluding hydrogens is 294 g/mol. The molecule has 1 aliphatic rings. The zero-order valence-electron chi connectivity index (χ0n) is 13.9. The van der Waals surface area contributed by atoms with Crippen molar-refractivity contribution in [2.45, 2.75) is 26.2 Å². The van der Waals surface area contributed by atoms with E-state index in [0.717, 1.165) is 31.6 Å². The SMILES string of the molecule is CCC(=O)Nc1ccc(N2CCCC2)c(C(=O)NCCOC)c1. The Morgan fingerprint density at radius 1 is 1.26 bits per heavy atom. The van der Waals surface area contributed by atoms with Crippen LogP contribution in [0.5, 0.6) is 0 Å². The number of anilines is 2. The lowest BCUT2D eigenvalue weighted by Gasteiger charge is -2.22. The van der Waals surface area contributed by atoms with E-state index in [1.54, 1.807) is 20.1 Å². The van der Waals surface area contributed by atoms with E-state index >= 15 is 0 Å². The first-order valence-corrected chi connectivity index (χ1v) is 8.11. The molecule has 1 fully saturated rings. The average Bonchev–Trinajstić information content (AvgIpc) is 3.09. The van der Waals surface area contributed by atoms with Crippen LogP contribution in [0.3, 0.4) is 0 Å². The van der Waals surface area contributed by atoms with Gasteiger partial charge in [0.25, 0.3) is 5.91 Å². The fourth-order valence-corrected chi connectivity index (χ4v) is 2.64. The molecule has 23 heavy (non-hydrogen) atoms. The molecule has 1 heterocycles. The Labute approximate surface area is 137 Å². The first kappa shape index (κ1) is 17.3. The number of hydrogen-bond donors (Lipinski definition) is 2. The van der Waals surface area contributed by atoms with Crippen molar-refractivity contribution in [1.82, 2.24) is 5.32 Å². The van der Waals surface area contributed by atoms with Crippen molar-refractivity contribution in [3.05, 3.63) is 23.8 Å². The van der Waals surface area contributed by atoms with Crippen molar-refractivity contribution in [2.75, 3.05) is 43.6 Å². The van der Waals surface area contributed by atoms with Crippen LogP contribution in [0.15, 0.2) is 18.2 Å². The highest BCUT2D eigenvalue weighted by atomic mass is 16.5. The normalized spacial score (nSPS) is 13.9. The predicted octanol–water partition coefficient (Wildman–Crippen LogP) is 2.01. The molecule has 1 aromatic carbocycles. The van der Waals surface area contributed by atoms with E-state index in [0.29, 0.717) is 30.8 Å². The zero-order valence-corrected chi connectivity index (χ0v) is 13.9. The molecule has 6 heteroatoms. The van der Waals surface area contributed by atoms with Gasteiger partial charge in [-0.25, -0.2) is 0 Å². The van der Waals surface area contributed by atoms with E-state index < -0.39 is 0 Å². The maximum atomic E-state index is 12.5. The smallest absolute Gasteiger partial charge is 0.253 e. The van der Waals surface area contributed by atoms with E-state index in [1.165, 1.54) is 0 Å². The van der Waals surface area contributed by atoms with Crippen molar-refractivity contribution >= 4 is 23.2 Å². The quantitative estimate of drug-likeness (QED) is 0.754. The van der Waals surface area contributed by atoms with Crippen molar-refractivity contribution in [3.8, 4) is 0 Å². The molecular formula is C17H25N3O3. The number of amides is 2. The second kappa shape index (κ2) is 8.53. The highest BCUT2D eigenvalue weighted by Gasteiger charge is 2.20. The summed E-state index contributed by atoms with van der Waals surface area (Å²) in [5.74, 6) is -0.207. The lowest BCUT2D eigenvalue weighted by atomic mass is 10.1. The number of ether oxygens (including phenoxy) is 1.